The van der Waals surface area contributed by atoms with Crippen molar-refractivity contribution >= 4 is 15.9 Å². The Balaban J connectivity index is 2.32. The van der Waals surface area contributed by atoms with E-state index in [1.807, 2.05) is 23.0 Å². The molecule has 60 valence electrons. The van der Waals surface area contributed by atoms with Gasteiger partial charge in [0.2, 0.25) is 0 Å². The van der Waals surface area contributed by atoms with Crippen LogP contribution in [0.15, 0.2) is 29.5 Å². The Bertz CT molecular complexity index is 230. The van der Waals surface area contributed by atoms with Crippen molar-refractivity contribution in [2.45, 2.75) is 19.4 Å². The van der Waals surface area contributed by atoms with Crippen LogP contribution >= 0.6 is 15.9 Å². The minimum Gasteiger partial charge on any atom is -0.272 e. The van der Waals surface area contributed by atoms with Crippen LogP contribution in [0, 0.1) is 0 Å². The number of unbranched alkanes of at least 4 members (excludes halogenated alkanes) is 1. The molecule has 1 heterocycles. The summed E-state index contributed by atoms with van der Waals surface area (Å²) in [5, 5.41) is 4.18. The van der Waals surface area contributed by atoms with Crippen LogP contribution in [0.4, 0.5) is 0 Å². The number of rotatable bonds is 4. The molecule has 2 nitrogen and oxygen atoms in total. The van der Waals surface area contributed by atoms with Gasteiger partial charge < -0.3 is 0 Å². The SMILES string of the molecule is C=CCCCn1ccc(Br)n1. The molecule has 0 spiro atoms. The summed E-state index contributed by atoms with van der Waals surface area (Å²) in [6.45, 7) is 4.63. The molecule has 0 aliphatic heterocycles. The maximum atomic E-state index is 4.18. The Morgan fingerprint density at radius 3 is 3.09 bits per heavy atom. The zero-order chi connectivity index (χ0) is 8.10. The molecule has 11 heavy (non-hydrogen) atoms. The molecule has 1 rings (SSSR count). The summed E-state index contributed by atoms with van der Waals surface area (Å²) in [6, 6.07) is 1.94. The number of hydrogen-bond donors (Lipinski definition) is 0. The molecule has 0 unspecified atom stereocenters. The van der Waals surface area contributed by atoms with Crippen LogP contribution in [-0.4, -0.2) is 9.78 Å². The Hall–Kier alpha value is -0.570. The molecule has 0 amide bonds. The quantitative estimate of drug-likeness (QED) is 0.557. The van der Waals surface area contributed by atoms with Gasteiger partial charge in [-0.3, -0.25) is 4.68 Å². The van der Waals surface area contributed by atoms with Gasteiger partial charge in [-0.25, -0.2) is 0 Å². The second kappa shape index (κ2) is 4.34. The van der Waals surface area contributed by atoms with Gasteiger partial charge in [0, 0.05) is 12.7 Å². The molecule has 3 heteroatoms. The normalized spacial score (nSPS) is 9.91. The van der Waals surface area contributed by atoms with Gasteiger partial charge in [-0.05, 0) is 34.8 Å². The molecule has 0 saturated heterocycles. The number of hydrogen-bond acceptors (Lipinski definition) is 1. The van der Waals surface area contributed by atoms with Gasteiger partial charge >= 0.3 is 0 Å². The van der Waals surface area contributed by atoms with Gasteiger partial charge in [-0.2, -0.15) is 5.10 Å². The number of aryl methyl sites for hydroxylation is 1. The topological polar surface area (TPSA) is 17.8 Å². The lowest BCUT2D eigenvalue weighted by Crippen LogP contribution is -1.97. The van der Waals surface area contributed by atoms with Gasteiger partial charge in [0.1, 0.15) is 4.60 Å². The van der Waals surface area contributed by atoms with E-state index in [1.165, 1.54) is 0 Å². The van der Waals surface area contributed by atoms with Crippen LogP contribution < -0.4 is 0 Å². The van der Waals surface area contributed by atoms with Crippen molar-refractivity contribution in [1.82, 2.24) is 9.78 Å². The zero-order valence-electron chi connectivity index (χ0n) is 6.33. The smallest absolute Gasteiger partial charge is 0.128 e. The summed E-state index contributed by atoms with van der Waals surface area (Å²) in [5.74, 6) is 0. The molecule has 0 saturated carbocycles. The number of nitrogens with zero attached hydrogens (tertiary/aromatic N) is 2. The van der Waals surface area contributed by atoms with E-state index in [9.17, 15) is 0 Å². The van der Waals surface area contributed by atoms with Crippen molar-refractivity contribution in [3.05, 3.63) is 29.5 Å². The third kappa shape index (κ3) is 2.89. The zero-order valence-corrected chi connectivity index (χ0v) is 7.92. The molecule has 0 atom stereocenters. The van der Waals surface area contributed by atoms with E-state index in [2.05, 4.69) is 27.6 Å². The minimum absolute atomic E-state index is 0.899. The molecule has 0 aliphatic carbocycles. The summed E-state index contributed by atoms with van der Waals surface area (Å²) in [6.07, 6.45) is 6.06. The second-order valence-electron chi connectivity index (χ2n) is 2.33. The first-order valence-corrected chi connectivity index (χ1v) is 4.42. The van der Waals surface area contributed by atoms with E-state index in [1.54, 1.807) is 0 Å². The summed E-state index contributed by atoms with van der Waals surface area (Å²) in [5.41, 5.74) is 0. The minimum atomic E-state index is 0.899. The average molecular weight is 215 g/mol. The van der Waals surface area contributed by atoms with Gasteiger partial charge in [0.05, 0.1) is 0 Å². The molecule has 1 aromatic rings. The predicted octanol–water partition coefficient (Wildman–Crippen LogP) is 2.61. The molecule has 0 aromatic carbocycles. The summed E-state index contributed by atoms with van der Waals surface area (Å²) in [4.78, 5) is 0. The van der Waals surface area contributed by atoms with Crippen LogP contribution in [0.5, 0.6) is 0 Å². The highest BCUT2D eigenvalue weighted by molar-refractivity contribution is 9.10. The molecule has 0 bridgehead atoms. The van der Waals surface area contributed by atoms with Gasteiger partial charge in [-0.15, -0.1) is 6.58 Å². The largest absolute Gasteiger partial charge is 0.272 e. The van der Waals surface area contributed by atoms with Gasteiger partial charge in [0.25, 0.3) is 0 Å². The van der Waals surface area contributed by atoms with Crippen molar-refractivity contribution in [3.8, 4) is 0 Å². The third-order valence-electron chi connectivity index (χ3n) is 1.40. The van der Waals surface area contributed by atoms with Crippen LogP contribution in [0.1, 0.15) is 12.8 Å². The monoisotopic (exact) mass is 214 g/mol. The lowest BCUT2D eigenvalue weighted by molar-refractivity contribution is 0.581. The maximum Gasteiger partial charge on any atom is 0.128 e. The van der Waals surface area contributed by atoms with E-state index in [0.717, 1.165) is 24.0 Å². The maximum absolute atomic E-state index is 4.18. The third-order valence-corrected chi connectivity index (χ3v) is 1.83. The molecule has 0 radical (unpaired) electrons. The summed E-state index contributed by atoms with van der Waals surface area (Å²) < 4.78 is 2.82. The van der Waals surface area contributed by atoms with Crippen LogP contribution in [-0.2, 0) is 6.54 Å². The Morgan fingerprint density at radius 1 is 1.73 bits per heavy atom. The van der Waals surface area contributed by atoms with Crippen LogP contribution in [0.25, 0.3) is 0 Å². The summed E-state index contributed by atoms with van der Waals surface area (Å²) >= 11 is 3.29. The van der Waals surface area contributed by atoms with Crippen molar-refractivity contribution in [2.24, 2.45) is 0 Å². The van der Waals surface area contributed by atoms with Crippen molar-refractivity contribution in [2.75, 3.05) is 0 Å². The Kier molecular flexibility index (Phi) is 3.36. The summed E-state index contributed by atoms with van der Waals surface area (Å²) in [7, 11) is 0. The van der Waals surface area contributed by atoms with Crippen molar-refractivity contribution in [1.29, 1.82) is 0 Å². The fourth-order valence-corrected chi connectivity index (χ4v) is 1.18. The van der Waals surface area contributed by atoms with Gasteiger partial charge in [0.15, 0.2) is 0 Å². The Labute approximate surface area is 75.0 Å². The average Bonchev–Trinajstić information content (AvgIpc) is 2.37. The molecular weight excluding hydrogens is 204 g/mol. The highest BCUT2D eigenvalue weighted by Crippen LogP contribution is 2.04. The lowest BCUT2D eigenvalue weighted by Gasteiger charge is -1.96. The van der Waals surface area contributed by atoms with E-state index in [-0.39, 0.29) is 0 Å². The van der Waals surface area contributed by atoms with Crippen molar-refractivity contribution in [3.63, 3.8) is 0 Å². The number of halogens is 1. The fraction of sp³-hybridized carbons (Fsp3) is 0.375. The second-order valence-corrected chi connectivity index (χ2v) is 3.14. The van der Waals surface area contributed by atoms with Crippen LogP contribution in [0.2, 0.25) is 0 Å². The molecule has 0 aliphatic rings. The first kappa shape index (κ1) is 8.53. The molecule has 0 fully saturated rings. The van der Waals surface area contributed by atoms with Gasteiger partial charge in [-0.1, -0.05) is 6.08 Å². The van der Waals surface area contributed by atoms with E-state index in [4.69, 9.17) is 0 Å². The first-order valence-electron chi connectivity index (χ1n) is 3.63. The highest BCUT2D eigenvalue weighted by Gasteiger charge is 1.92. The standard InChI is InChI=1S/C8H11BrN2/c1-2-3-4-6-11-7-5-8(9)10-11/h2,5,7H,1,3-4,6H2. The number of aromatic nitrogens is 2. The molecule has 0 N–H and O–H groups in total. The lowest BCUT2D eigenvalue weighted by atomic mass is 10.3. The first-order chi connectivity index (χ1) is 5.33. The van der Waals surface area contributed by atoms with Crippen LogP contribution in [0.3, 0.4) is 0 Å². The predicted molar refractivity (Wildman–Crippen MR) is 49.4 cm³/mol. The van der Waals surface area contributed by atoms with E-state index < -0.39 is 0 Å². The molecule has 1 aromatic heterocycles. The van der Waals surface area contributed by atoms with E-state index in [0.29, 0.717) is 0 Å². The fourth-order valence-electron chi connectivity index (χ4n) is 0.859. The highest BCUT2D eigenvalue weighted by atomic mass is 79.9. The number of allylic oxidation sites excluding steroid dienone is 1. The molecular formula is C8H11BrN2. The van der Waals surface area contributed by atoms with Crippen molar-refractivity contribution < 1.29 is 0 Å². The Morgan fingerprint density at radius 2 is 2.55 bits per heavy atom. The van der Waals surface area contributed by atoms with E-state index >= 15 is 0 Å².